The minimum absolute atomic E-state index is 0.141. The molecule has 2 aromatic rings. The van der Waals surface area contributed by atoms with Crippen LogP contribution < -0.4 is 5.32 Å². The molecule has 1 unspecified atom stereocenters. The fourth-order valence-corrected chi connectivity index (χ4v) is 2.21. The lowest BCUT2D eigenvalue weighted by Crippen LogP contribution is -2.23. The van der Waals surface area contributed by atoms with Crippen molar-refractivity contribution in [1.29, 1.82) is 0 Å². The van der Waals surface area contributed by atoms with Gasteiger partial charge in [-0.05, 0) is 26.0 Å². The van der Waals surface area contributed by atoms with Gasteiger partial charge in [-0.3, -0.25) is 4.68 Å². The lowest BCUT2D eigenvalue weighted by molar-refractivity contribution is 0.553. The van der Waals surface area contributed by atoms with E-state index < -0.39 is 0 Å². The summed E-state index contributed by atoms with van der Waals surface area (Å²) >= 11 is 0. The Morgan fingerprint density at radius 3 is 2.79 bits per heavy atom. The van der Waals surface area contributed by atoms with Crippen LogP contribution in [0.5, 0.6) is 0 Å². The van der Waals surface area contributed by atoms with Crippen molar-refractivity contribution in [1.82, 2.24) is 15.1 Å². The summed E-state index contributed by atoms with van der Waals surface area (Å²) in [4.78, 5) is 0. The molecule has 0 aliphatic rings. The van der Waals surface area contributed by atoms with E-state index in [0.717, 1.165) is 18.7 Å². The third kappa shape index (κ3) is 2.84. The zero-order chi connectivity index (χ0) is 13.8. The number of halogens is 1. The molecule has 1 aromatic carbocycles. The minimum Gasteiger partial charge on any atom is -0.306 e. The second-order valence-corrected chi connectivity index (χ2v) is 4.60. The molecule has 0 bridgehead atoms. The largest absolute Gasteiger partial charge is 0.306 e. The van der Waals surface area contributed by atoms with Crippen molar-refractivity contribution in [2.45, 2.75) is 33.4 Å². The van der Waals surface area contributed by atoms with Gasteiger partial charge in [0.25, 0.3) is 0 Å². The van der Waals surface area contributed by atoms with Crippen molar-refractivity contribution in [2.75, 3.05) is 6.54 Å². The Morgan fingerprint density at radius 1 is 1.37 bits per heavy atom. The Kier molecular flexibility index (Phi) is 4.32. The van der Waals surface area contributed by atoms with Gasteiger partial charge in [0.15, 0.2) is 0 Å². The quantitative estimate of drug-likeness (QED) is 0.896. The number of aryl methyl sites for hydroxylation is 2. The van der Waals surface area contributed by atoms with E-state index in [0.29, 0.717) is 11.1 Å². The van der Waals surface area contributed by atoms with Crippen molar-refractivity contribution in [3.8, 4) is 0 Å². The van der Waals surface area contributed by atoms with Gasteiger partial charge in [-0.25, -0.2) is 4.39 Å². The highest BCUT2D eigenvalue weighted by Gasteiger charge is 2.19. The van der Waals surface area contributed by atoms with Crippen molar-refractivity contribution >= 4 is 0 Å². The molecule has 4 heteroatoms. The highest BCUT2D eigenvalue weighted by molar-refractivity contribution is 5.33. The van der Waals surface area contributed by atoms with Gasteiger partial charge in [0, 0.05) is 23.9 Å². The average Bonchev–Trinajstić information content (AvgIpc) is 2.88. The summed E-state index contributed by atoms with van der Waals surface area (Å²) in [5.41, 5.74) is 2.34. The Labute approximate surface area is 113 Å². The zero-order valence-corrected chi connectivity index (χ0v) is 11.7. The lowest BCUT2D eigenvalue weighted by atomic mass is 9.99. The van der Waals surface area contributed by atoms with E-state index in [2.05, 4.69) is 10.4 Å². The van der Waals surface area contributed by atoms with E-state index in [1.807, 2.05) is 36.9 Å². The topological polar surface area (TPSA) is 29.9 Å². The molecule has 0 radical (unpaired) electrons. The Morgan fingerprint density at radius 2 is 2.16 bits per heavy atom. The first-order valence-electron chi connectivity index (χ1n) is 6.68. The SMILES string of the molecule is CCNC(c1cnn(CC)c1)c1cccc(C)c1F. The molecule has 0 saturated carbocycles. The molecule has 0 aliphatic heterocycles. The van der Waals surface area contributed by atoms with Crippen molar-refractivity contribution < 1.29 is 4.39 Å². The predicted octanol–water partition coefficient (Wildman–Crippen LogP) is 3.05. The molecule has 0 saturated heterocycles. The van der Waals surface area contributed by atoms with Crippen LogP contribution in [-0.4, -0.2) is 16.3 Å². The minimum atomic E-state index is -0.148. The van der Waals surface area contributed by atoms with Crippen LogP contribution >= 0.6 is 0 Å². The van der Waals surface area contributed by atoms with Gasteiger partial charge in [0.1, 0.15) is 5.82 Å². The van der Waals surface area contributed by atoms with Gasteiger partial charge in [0.05, 0.1) is 12.2 Å². The smallest absolute Gasteiger partial charge is 0.131 e. The van der Waals surface area contributed by atoms with Crippen LogP contribution in [0.15, 0.2) is 30.6 Å². The van der Waals surface area contributed by atoms with Crippen LogP contribution in [0.25, 0.3) is 0 Å². The van der Waals surface area contributed by atoms with E-state index in [1.54, 1.807) is 19.2 Å². The Hall–Kier alpha value is -1.68. The molecule has 2 rings (SSSR count). The Balaban J connectivity index is 2.42. The molecule has 0 aliphatic carbocycles. The molecule has 1 heterocycles. The van der Waals surface area contributed by atoms with E-state index in [4.69, 9.17) is 0 Å². The molecule has 1 atom stereocenters. The van der Waals surface area contributed by atoms with Crippen LogP contribution in [0.1, 0.15) is 36.6 Å². The maximum Gasteiger partial charge on any atom is 0.131 e. The van der Waals surface area contributed by atoms with Gasteiger partial charge < -0.3 is 5.32 Å². The van der Waals surface area contributed by atoms with Crippen molar-refractivity contribution in [3.63, 3.8) is 0 Å². The van der Waals surface area contributed by atoms with E-state index in [-0.39, 0.29) is 11.9 Å². The molecular formula is C15H20FN3. The van der Waals surface area contributed by atoms with Gasteiger partial charge >= 0.3 is 0 Å². The number of rotatable bonds is 5. The van der Waals surface area contributed by atoms with Gasteiger partial charge in [0.2, 0.25) is 0 Å². The van der Waals surface area contributed by atoms with Crippen LogP contribution in [0, 0.1) is 12.7 Å². The molecule has 3 nitrogen and oxygen atoms in total. The number of hydrogen-bond donors (Lipinski definition) is 1. The lowest BCUT2D eigenvalue weighted by Gasteiger charge is -2.18. The summed E-state index contributed by atoms with van der Waals surface area (Å²) in [6.07, 6.45) is 3.77. The van der Waals surface area contributed by atoms with Crippen molar-refractivity contribution in [2.24, 2.45) is 0 Å². The van der Waals surface area contributed by atoms with Crippen LogP contribution in [0.2, 0.25) is 0 Å². The first-order chi connectivity index (χ1) is 9.17. The highest BCUT2D eigenvalue weighted by Crippen LogP contribution is 2.25. The standard InChI is InChI=1S/C15H20FN3/c1-4-17-15(12-9-18-19(5-2)10-12)13-8-6-7-11(3)14(13)16/h6-10,15,17H,4-5H2,1-3H3. The summed E-state index contributed by atoms with van der Waals surface area (Å²) in [5.74, 6) is -0.141. The number of nitrogens with zero attached hydrogens (tertiary/aromatic N) is 2. The fourth-order valence-electron chi connectivity index (χ4n) is 2.21. The molecule has 0 fully saturated rings. The first kappa shape index (κ1) is 13.7. The summed E-state index contributed by atoms with van der Waals surface area (Å²) < 4.78 is 16.1. The van der Waals surface area contributed by atoms with Crippen LogP contribution in [0.4, 0.5) is 4.39 Å². The maximum atomic E-state index is 14.3. The maximum absolute atomic E-state index is 14.3. The normalized spacial score (nSPS) is 12.6. The Bertz CT molecular complexity index is 548. The number of nitrogens with one attached hydrogen (secondary N) is 1. The summed E-state index contributed by atoms with van der Waals surface area (Å²) in [5, 5.41) is 7.60. The molecule has 19 heavy (non-hydrogen) atoms. The first-order valence-corrected chi connectivity index (χ1v) is 6.68. The third-order valence-electron chi connectivity index (χ3n) is 3.25. The van der Waals surface area contributed by atoms with E-state index >= 15 is 0 Å². The molecule has 0 spiro atoms. The fraction of sp³-hybridized carbons (Fsp3) is 0.400. The highest BCUT2D eigenvalue weighted by atomic mass is 19.1. The summed E-state index contributed by atoms with van der Waals surface area (Å²) in [6, 6.07) is 5.36. The number of aromatic nitrogens is 2. The van der Waals surface area contributed by atoms with Crippen molar-refractivity contribution in [3.05, 3.63) is 53.1 Å². The molecule has 102 valence electrons. The third-order valence-corrected chi connectivity index (χ3v) is 3.25. The predicted molar refractivity (Wildman–Crippen MR) is 74.6 cm³/mol. The average molecular weight is 261 g/mol. The second kappa shape index (κ2) is 5.97. The van der Waals surface area contributed by atoms with Gasteiger partial charge in [-0.1, -0.05) is 25.1 Å². The zero-order valence-electron chi connectivity index (χ0n) is 11.7. The van der Waals surface area contributed by atoms with Crippen LogP contribution in [0.3, 0.4) is 0 Å². The van der Waals surface area contributed by atoms with E-state index in [1.165, 1.54) is 0 Å². The number of benzene rings is 1. The molecule has 0 amide bonds. The van der Waals surface area contributed by atoms with Gasteiger partial charge in [-0.2, -0.15) is 5.10 Å². The molecular weight excluding hydrogens is 241 g/mol. The summed E-state index contributed by atoms with van der Waals surface area (Å²) in [6.45, 7) is 7.43. The summed E-state index contributed by atoms with van der Waals surface area (Å²) in [7, 11) is 0. The number of hydrogen-bond acceptors (Lipinski definition) is 2. The monoisotopic (exact) mass is 261 g/mol. The van der Waals surface area contributed by atoms with Gasteiger partial charge in [-0.15, -0.1) is 0 Å². The van der Waals surface area contributed by atoms with E-state index in [9.17, 15) is 4.39 Å². The van der Waals surface area contributed by atoms with Crippen LogP contribution in [-0.2, 0) is 6.54 Å². The molecule has 1 aromatic heterocycles. The second-order valence-electron chi connectivity index (χ2n) is 4.60. The molecule has 1 N–H and O–H groups in total.